The van der Waals surface area contributed by atoms with Crippen molar-refractivity contribution < 1.29 is 9.90 Å². The average Bonchev–Trinajstić information content (AvgIpc) is 2.22. The third-order valence-corrected chi connectivity index (χ3v) is 2.33. The summed E-state index contributed by atoms with van der Waals surface area (Å²) in [4.78, 5) is 11.5. The average molecular weight is 228 g/mol. The molecule has 0 aliphatic heterocycles. The van der Waals surface area contributed by atoms with Crippen LogP contribution in [0.3, 0.4) is 0 Å². The lowest BCUT2D eigenvalue weighted by Crippen LogP contribution is -2.24. The maximum absolute atomic E-state index is 11.5. The van der Waals surface area contributed by atoms with E-state index in [4.69, 9.17) is 11.6 Å². The summed E-state index contributed by atoms with van der Waals surface area (Å²) in [6.07, 6.45) is 0.741. The van der Waals surface area contributed by atoms with Crippen molar-refractivity contribution in [3.05, 3.63) is 29.3 Å². The van der Waals surface area contributed by atoms with Gasteiger partial charge < -0.3 is 10.4 Å². The summed E-state index contributed by atoms with van der Waals surface area (Å²) in [5, 5.41) is 12.1. The summed E-state index contributed by atoms with van der Waals surface area (Å²) < 4.78 is 0. The summed E-state index contributed by atoms with van der Waals surface area (Å²) in [6, 6.07) is 4.86. The van der Waals surface area contributed by atoms with Crippen LogP contribution in [-0.2, 0) is 0 Å². The first kappa shape index (κ1) is 11.9. The second-order valence-electron chi connectivity index (χ2n) is 3.30. The normalized spacial score (nSPS) is 10.0. The molecule has 0 aliphatic rings. The van der Waals surface area contributed by atoms with Crippen molar-refractivity contribution in [1.29, 1.82) is 0 Å². The topological polar surface area (TPSA) is 49.3 Å². The highest BCUT2D eigenvalue weighted by molar-refractivity contribution is 6.17. The summed E-state index contributed by atoms with van der Waals surface area (Å²) >= 11 is 5.49. The molecule has 4 heteroatoms. The smallest absolute Gasteiger partial charge is 0.251 e. The predicted molar refractivity (Wildman–Crippen MR) is 60.5 cm³/mol. The fourth-order valence-electron chi connectivity index (χ4n) is 1.12. The van der Waals surface area contributed by atoms with E-state index < -0.39 is 0 Å². The minimum absolute atomic E-state index is 0.139. The van der Waals surface area contributed by atoms with Gasteiger partial charge in [0.1, 0.15) is 5.75 Å². The number of halogens is 1. The van der Waals surface area contributed by atoms with Gasteiger partial charge in [0.05, 0.1) is 0 Å². The fraction of sp³-hybridized carbons (Fsp3) is 0.364. The lowest BCUT2D eigenvalue weighted by molar-refractivity contribution is 0.0953. The molecule has 0 aliphatic carbocycles. The number of nitrogens with one attached hydrogen (secondary N) is 1. The number of rotatable bonds is 4. The maximum Gasteiger partial charge on any atom is 0.251 e. The van der Waals surface area contributed by atoms with Crippen LogP contribution in [0.4, 0.5) is 0 Å². The molecule has 1 aromatic carbocycles. The van der Waals surface area contributed by atoms with Crippen LogP contribution in [0.2, 0.25) is 0 Å². The summed E-state index contributed by atoms with van der Waals surface area (Å²) in [5.41, 5.74) is 1.22. The van der Waals surface area contributed by atoms with Gasteiger partial charge in [-0.25, -0.2) is 0 Å². The molecule has 0 bridgehead atoms. The molecular formula is C11H14ClNO2. The Kier molecular flexibility index (Phi) is 4.43. The third-order valence-electron chi connectivity index (χ3n) is 2.07. The lowest BCUT2D eigenvalue weighted by Gasteiger charge is -2.05. The van der Waals surface area contributed by atoms with Gasteiger partial charge in [0.15, 0.2) is 0 Å². The number of carbonyl (C=O) groups excluding carboxylic acids is 1. The molecule has 82 valence electrons. The molecule has 15 heavy (non-hydrogen) atoms. The zero-order valence-corrected chi connectivity index (χ0v) is 9.34. The number of hydrogen-bond donors (Lipinski definition) is 2. The summed E-state index contributed by atoms with van der Waals surface area (Å²) in [6.45, 7) is 2.33. The van der Waals surface area contributed by atoms with E-state index in [9.17, 15) is 9.90 Å². The Morgan fingerprint density at radius 2 is 2.27 bits per heavy atom. The van der Waals surface area contributed by atoms with Gasteiger partial charge in [-0.3, -0.25) is 4.79 Å². The van der Waals surface area contributed by atoms with E-state index >= 15 is 0 Å². The summed E-state index contributed by atoms with van der Waals surface area (Å²) in [7, 11) is 0. The molecule has 0 fully saturated rings. The second-order valence-corrected chi connectivity index (χ2v) is 3.68. The van der Waals surface area contributed by atoms with Crippen LogP contribution < -0.4 is 5.32 Å². The van der Waals surface area contributed by atoms with Crippen molar-refractivity contribution in [2.24, 2.45) is 0 Å². The highest BCUT2D eigenvalue weighted by Crippen LogP contribution is 2.17. The van der Waals surface area contributed by atoms with Crippen molar-refractivity contribution in [3.8, 4) is 5.75 Å². The molecule has 1 amide bonds. The lowest BCUT2D eigenvalue weighted by atomic mass is 10.1. The van der Waals surface area contributed by atoms with Crippen LogP contribution in [-0.4, -0.2) is 23.4 Å². The largest absolute Gasteiger partial charge is 0.508 e. The molecule has 3 nitrogen and oxygen atoms in total. The highest BCUT2D eigenvalue weighted by atomic mass is 35.5. The first-order valence-electron chi connectivity index (χ1n) is 4.79. The van der Waals surface area contributed by atoms with Gasteiger partial charge in [-0.15, -0.1) is 11.6 Å². The Labute approximate surface area is 94.1 Å². The van der Waals surface area contributed by atoms with Crippen molar-refractivity contribution >= 4 is 17.5 Å². The fourth-order valence-corrected chi connectivity index (χ4v) is 1.26. The zero-order chi connectivity index (χ0) is 11.3. The quantitative estimate of drug-likeness (QED) is 0.611. The number of aryl methyl sites for hydroxylation is 1. The van der Waals surface area contributed by atoms with E-state index in [0.717, 1.165) is 12.0 Å². The van der Waals surface area contributed by atoms with Crippen LogP contribution in [0.15, 0.2) is 18.2 Å². The minimum Gasteiger partial charge on any atom is -0.508 e. The van der Waals surface area contributed by atoms with Crippen LogP contribution in [0, 0.1) is 6.92 Å². The van der Waals surface area contributed by atoms with E-state index in [1.807, 2.05) is 0 Å². The molecule has 1 rings (SSSR count). The number of amides is 1. The van der Waals surface area contributed by atoms with Gasteiger partial charge >= 0.3 is 0 Å². The molecule has 2 N–H and O–H groups in total. The first-order valence-corrected chi connectivity index (χ1v) is 5.32. The molecular weight excluding hydrogens is 214 g/mol. The van der Waals surface area contributed by atoms with Crippen molar-refractivity contribution in [2.75, 3.05) is 12.4 Å². The Balaban J connectivity index is 2.62. The number of aromatic hydroxyl groups is 1. The molecule has 0 saturated heterocycles. The number of phenolic OH excluding ortho intramolecular Hbond substituents is 1. The van der Waals surface area contributed by atoms with Crippen molar-refractivity contribution in [1.82, 2.24) is 5.32 Å². The third kappa shape index (κ3) is 3.44. The maximum atomic E-state index is 11.5. The molecule has 0 heterocycles. The Bertz CT molecular complexity index is 352. The number of alkyl halides is 1. The number of phenols is 1. The molecule has 0 saturated carbocycles. The van der Waals surface area contributed by atoms with Crippen LogP contribution >= 0.6 is 11.6 Å². The van der Waals surface area contributed by atoms with Crippen LogP contribution in [0.25, 0.3) is 0 Å². The van der Waals surface area contributed by atoms with Crippen molar-refractivity contribution in [3.63, 3.8) is 0 Å². The second kappa shape index (κ2) is 5.61. The highest BCUT2D eigenvalue weighted by Gasteiger charge is 2.06. The molecule has 0 unspecified atom stereocenters. The molecule has 0 atom stereocenters. The van der Waals surface area contributed by atoms with Gasteiger partial charge in [-0.2, -0.15) is 0 Å². The van der Waals surface area contributed by atoms with E-state index in [2.05, 4.69) is 5.32 Å². The van der Waals surface area contributed by atoms with Gasteiger partial charge in [-0.1, -0.05) is 6.07 Å². The number of carbonyl (C=O) groups is 1. The van der Waals surface area contributed by atoms with E-state index in [1.165, 1.54) is 6.07 Å². The SMILES string of the molecule is Cc1ccc(C(=O)NCCCCl)cc1O. The van der Waals surface area contributed by atoms with Gasteiger partial charge in [0.25, 0.3) is 5.91 Å². The summed E-state index contributed by atoms with van der Waals surface area (Å²) in [5.74, 6) is 0.481. The predicted octanol–water partition coefficient (Wildman–Crippen LogP) is 2.06. The Hall–Kier alpha value is -1.22. The molecule has 1 aromatic rings. The van der Waals surface area contributed by atoms with E-state index in [1.54, 1.807) is 19.1 Å². The number of hydrogen-bond acceptors (Lipinski definition) is 2. The molecule has 0 spiro atoms. The number of benzene rings is 1. The van der Waals surface area contributed by atoms with Crippen LogP contribution in [0.5, 0.6) is 5.75 Å². The monoisotopic (exact) mass is 227 g/mol. The Morgan fingerprint density at radius 3 is 2.87 bits per heavy atom. The van der Waals surface area contributed by atoms with E-state index in [0.29, 0.717) is 18.0 Å². The minimum atomic E-state index is -0.185. The Morgan fingerprint density at radius 1 is 1.53 bits per heavy atom. The zero-order valence-electron chi connectivity index (χ0n) is 8.59. The van der Waals surface area contributed by atoms with Crippen molar-refractivity contribution in [2.45, 2.75) is 13.3 Å². The van der Waals surface area contributed by atoms with Gasteiger partial charge in [-0.05, 0) is 31.0 Å². The first-order chi connectivity index (χ1) is 7.15. The van der Waals surface area contributed by atoms with Gasteiger partial charge in [0.2, 0.25) is 0 Å². The van der Waals surface area contributed by atoms with Crippen LogP contribution in [0.1, 0.15) is 22.3 Å². The molecule has 0 aromatic heterocycles. The van der Waals surface area contributed by atoms with Gasteiger partial charge in [0, 0.05) is 18.0 Å². The standard InChI is InChI=1S/C11H14ClNO2/c1-8-3-4-9(7-10(8)14)11(15)13-6-2-5-12/h3-4,7,14H,2,5-6H2,1H3,(H,13,15). The molecule has 0 radical (unpaired) electrons. The van der Waals surface area contributed by atoms with E-state index in [-0.39, 0.29) is 11.7 Å².